The maximum Gasteiger partial charge on any atom is 0.0695 e. The summed E-state index contributed by atoms with van der Waals surface area (Å²) in [6, 6.07) is 0.353. The highest BCUT2D eigenvalue weighted by atomic mass is 16.5. The lowest BCUT2D eigenvalue weighted by molar-refractivity contribution is 0.0348. The Hall–Kier alpha value is -0.120. The second kappa shape index (κ2) is 5.69. The third-order valence-corrected chi connectivity index (χ3v) is 2.91. The second-order valence-electron chi connectivity index (χ2n) is 4.47. The number of aliphatic hydroxyl groups excluding tert-OH is 1. The zero-order valence-corrected chi connectivity index (χ0v) is 9.57. The van der Waals surface area contributed by atoms with Gasteiger partial charge < -0.3 is 9.84 Å². The van der Waals surface area contributed by atoms with E-state index in [-0.39, 0.29) is 6.10 Å². The number of ether oxygens (including phenoxy) is 1. The van der Waals surface area contributed by atoms with Gasteiger partial charge in [0.1, 0.15) is 0 Å². The molecule has 2 atom stereocenters. The van der Waals surface area contributed by atoms with Gasteiger partial charge in [0.25, 0.3) is 0 Å². The Morgan fingerprint density at radius 1 is 1.43 bits per heavy atom. The molecule has 1 saturated carbocycles. The van der Waals surface area contributed by atoms with Gasteiger partial charge in [0.05, 0.1) is 18.8 Å². The Morgan fingerprint density at radius 2 is 2.14 bits per heavy atom. The zero-order valence-electron chi connectivity index (χ0n) is 9.57. The molecule has 14 heavy (non-hydrogen) atoms. The summed E-state index contributed by atoms with van der Waals surface area (Å²) in [5, 5.41) is 9.69. The van der Waals surface area contributed by atoms with Gasteiger partial charge >= 0.3 is 0 Å². The molecule has 1 N–H and O–H groups in total. The van der Waals surface area contributed by atoms with E-state index in [2.05, 4.69) is 11.9 Å². The summed E-state index contributed by atoms with van der Waals surface area (Å²) in [4.78, 5) is 2.22. The number of hydrogen-bond acceptors (Lipinski definition) is 3. The zero-order chi connectivity index (χ0) is 10.6. The number of aliphatic hydroxyl groups is 1. The third kappa shape index (κ3) is 3.56. The minimum atomic E-state index is -0.126. The number of nitrogens with zero attached hydrogens (tertiary/aromatic N) is 1. The van der Waals surface area contributed by atoms with Crippen molar-refractivity contribution in [2.24, 2.45) is 0 Å². The molecule has 0 spiro atoms. The maximum atomic E-state index is 9.69. The van der Waals surface area contributed by atoms with Crippen LogP contribution in [0.2, 0.25) is 0 Å². The van der Waals surface area contributed by atoms with Crippen molar-refractivity contribution in [3.8, 4) is 0 Å². The monoisotopic (exact) mass is 201 g/mol. The number of hydrogen-bond donors (Lipinski definition) is 1. The van der Waals surface area contributed by atoms with E-state index in [1.165, 1.54) is 0 Å². The van der Waals surface area contributed by atoms with Crippen molar-refractivity contribution in [2.45, 2.75) is 51.4 Å². The van der Waals surface area contributed by atoms with Crippen LogP contribution in [0.25, 0.3) is 0 Å². The predicted octanol–water partition coefficient (Wildman–Crippen LogP) is 1.26. The van der Waals surface area contributed by atoms with Gasteiger partial charge in [0.2, 0.25) is 0 Å². The van der Waals surface area contributed by atoms with Crippen molar-refractivity contribution in [1.82, 2.24) is 4.90 Å². The largest absolute Gasteiger partial charge is 0.391 e. The Labute approximate surface area is 87.1 Å². The molecule has 0 bridgehead atoms. The lowest BCUT2D eigenvalue weighted by Gasteiger charge is -2.27. The molecule has 0 aromatic carbocycles. The SMILES string of the molecule is CC(C)OCCN(C)C1CCCC1O. The summed E-state index contributed by atoms with van der Waals surface area (Å²) >= 11 is 0. The Balaban J connectivity index is 2.17. The molecule has 0 aromatic rings. The van der Waals surface area contributed by atoms with Crippen LogP contribution < -0.4 is 0 Å². The van der Waals surface area contributed by atoms with Crippen LogP contribution in [0.1, 0.15) is 33.1 Å². The highest BCUT2D eigenvalue weighted by Crippen LogP contribution is 2.22. The van der Waals surface area contributed by atoms with Crippen molar-refractivity contribution >= 4 is 0 Å². The van der Waals surface area contributed by atoms with Crippen LogP contribution in [-0.2, 0) is 4.74 Å². The molecule has 0 aromatic heterocycles. The summed E-state index contributed by atoms with van der Waals surface area (Å²) < 4.78 is 5.48. The lowest BCUT2D eigenvalue weighted by Crippen LogP contribution is -2.39. The molecule has 1 aliphatic rings. The Morgan fingerprint density at radius 3 is 2.64 bits per heavy atom. The topological polar surface area (TPSA) is 32.7 Å². The molecule has 1 fully saturated rings. The van der Waals surface area contributed by atoms with Crippen LogP contribution in [0.4, 0.5) is 0 Å². The summed E-state index contributed by atoms with van der Waals surface area (Å²) in [7, 11) is 2.07. The van der Waals surface area contributed by atoms with Crippen molar-refractivity contribution in [3.63, 3.8) is 0 Å². The van der Waals surface area contributed by atoms with Gasteiger partial charge in [0.15, 0.2) is 0 Å². The summed E-state index contributed by atoms with van der Waals surface area (Å²) in [6.45, 7) is 5.77. The van der Waals surface area contributed by atoms with Crippen LogP contribution in [0.5, 0.6) is 0 Å². The normalized spacial score (nSPS) is 27.9. The first kappa shape index (κ1) is 12.0. The summed E-state index contributed by atoms with van der Waals surface area (Å²) in [5.74, 6) is 0. The van der Waals surface area contributed by atoms with E-state index < -0.39 is 0 Å². The number of rotatable bonds is 5. The minimum absolute atomic E-state index is 0.126. The van der Waals surface area contributed by atoms with E-state index in [0.29, 0.717) is 12.1 Å². The smallest absolute Gasteiger partial charge is 0.0695 e. The number of likely N-dealkylation sites (N-methyl/N-ethyl adjacent to an activating group) is 1. The average Bonchev–Trinajstić information content (AvgIpc) is 2.50. The van der Waals surface area contributed by atoms with Crippen LogP contribution in [0.3, 0.4) is 0 Å². The van der Waals surface area contributed by atoms with E-state index in [4.69, 9.17) is 4.74 Å². The first-order chi connectivity index (χ1) is 6.61. The summed E-state index contributed by atoms with van der Waals surface area (Å²) in [5.41, 5.74) is 0. The Bertz CT molecular complexity index is 161. The molecule has 2 unspecified atom stereocenters. The molecule has 0 saturated heterocycles. The van der Waals surface area contributed by atoms with Crippen molar-refractivity contribution in [2.75, 3.05) is 20.2 Å². The molecular formula is C11H23NO2. The average molecular weight is 201 g/mol. The molecule has 84 valence electrons. The minimum Gasteiger partial charge on any atom is -0.391 e. The van der Waals surface area contributed by atoms with Crippen LogP contribution in [-0.4, -0.2) is 48.5 Å². The lowest BCUT2D eigenvalue weighted by atomic mass is 10.2. The summed E-state index contributed by atoms with van der Waals surface area (Å²) in [6.07, 6.45) is 3.41. The molecular weight excluding hydrogens is 178 g/mol. The van der Waals surface area contributed by atoms with Crippen LogP contribution in [0.15, 0.2) is 0 Å². The molecule has 3 heteroatoms. The quantitative estimate of drug-likeness (QED) is 0.727. The molecule has 0 amide bonds. The first-order valence-electron chi connectivity index (χ1n) is 5.61. The van der Waals surface area contributed by atoms with Crippen molar-refractivity contribution < 1.29 is 9.84 Å². The van der Waals surface area contributed by atoms with E-state index in [1.807, 2.05) is 13.8 Å². The fraction of sp³-hybridized carbons (Fsp3) is 1.00. The molecule has 3 nitrogen and oxygen atoms in total. The van der Waals surface area contributed by atoms with Gasteiger partial charge in [-0.3, -0.25) is 4.90 Å². The molecule has 0 radical (unpaired) electrons. The Kier molecular flexibility index (Phi) is 4.85. The predicted molar refractivity (Wildman–Crippen MR) is 57.4 cm³/mol. The highest BCUT2D eigenvalue weighted by molar-refractivity contribution is 4.83. The highest BCUT2D eigenvalue weighted by Gasteiger charge is 2.28. The third-order valence-electron chi connectivity index (χ3n) is 2.91. The van der Waals surface area contributed by atoms with Gasteiger partial charge in [-0.25, -0.2) is 0 Å². The van der Waals surface area contributed by atoms with Crippen LogP contribution in [0, 0.1) is 0 Å². The fourth-order valence-corrected chi connectivity index (χ4v) is 2.03. The van der Waals surface area contributed by atoms with Gasteiger partial charge in [-0.2, -0.15) is 0 Å². The second-order valence-corrected chi connectivity index (χ2v) is 4.47. The molecule has 1 aliphatic carbocycles. The molecule has 0 aliphatic heterocycles. The van der Waals surface area contributed by atoms with Crippen LogP contribution >= 0.6 is 0 Å². The maximum absolute atomic E-state index is 9.69. The van der Waals surface area contributed by atoms with Gasteiger partial charge in [0, 0.05) is 12.6 Å². The van der Waals surface area contributed by atoms with Gasteiger partial charge in [-0.1, -0.05) is 0 Å². The van der Waals surface area contributed by atoms with E-state index >= 15 is 0 Å². The first-order valence-corrected chi connectivity index (χ1v) is 5.61. The standard InChI is InChI=1S/C11H23NO2/c1-9(2)14-8-7-12(3)10-5-4-6-11(10)13/h9-11,13H,4-8H2,1-3H3. The van der Waals surface area contributed by atoms with E-state index in [0.717, 1.165) is 32.4 Å². The molecule has 1 rings (SSSR count). The van der Waals surface area contributed by atoms with Crippen molar-refractivity contribution in [3.05, 3.63) is 0 Å². The molecule has 0 heterocycles. The fourth-order valence-electron chi connectivity index (χ4n) is 2.03. The van der Waals surface area contributed by atoms with E-state index in [9.17, 15) is 5.11 Å². The van der Waals surface area contributed by atoms with E-state index in [1.54, 1.807) is 0 Å². The van der Waals surface area contributed by atoms with Gasteiger partial charge in [-0.05, 0) is 40.2 Å². The van der Waals surface area contributed by atoms with Crippen molar-refractivity contribution in [1.29, 1.82) is 0 Å². The van der Waals surface area contributed by atoms with Gasteiger partial charge in [-0.15, -0.1) is 0 Å².